The Balaban J connectivity index is 2.16. The second kappa shape index (κ2) is 7.74. The Morgan fingerprint density at radius 1 is 1.17 bits per heavy atom. The van der Waals surface area contributed by atoms with Gasteiger partial charge in [0.2, 0.25) is 15.9 Å². The maximum absolute atomic E-state index is 12.0. The van der Waals surface area contributed by atoms with Crippen molar-refractivity contribution in [3.8, 4) is 0 Å². The van der Waals surface area contributed by atoms with Gasteiger partial charge in [0.25, 0.3) is 0 Å². The number of carbonyl (C=O) groups is 1. The summed E-state index contributed by atoms with van der Waals surface area (Å²) < 4.78 is 27.1. The molecule has 0 spiro atoms. The van der Waals surface area contributed by atoms with Crippen molar-refractivity contribution in [3.63, 3.8) is 0 Å². The normalized spacial score (nSPS) is 11.6. The van der Waals surface area contributed by atoms with Gasteiger partial charge in [-0.1, -0.05) is 34.1 Å². The molecule has 1 amide bonds. The lowest BCUT2D eigenvalue weighted by atomic mass is 10.2. The second-order valence-electron chi connectivity index (χ2n) is 5.07. The van der Waals surface area contributed by atoms with E-state index in [-0.39, 0.29) is 10.8 Å². The molecule has 2 aromatic carbocycles. The first kappa shape index (κ1) is 18.4. The van der Waals surface area contributed by atoms with Gasteiger partial charge in [-0.15, -0.1) is 0 Å². The standard InChI is InChI=1S/C17H17BrN2O3S/c1-12-6-8-15(11-16(12)24(22,23)19-2)20-17(21)9-7-13-4-3-5-14(18)10-13/h3-11,19H,1-2H3,(H,20,21)/b9-7+. The van der Waals surface area contributed by atoms with Crippen LogP contribution in [0.4, 0.5) is 5.69 Å². The minimum atomic E-state index is -3.57. The van der Waals surface area contributed by atoms with E-state index in [9.17, 15) is 13.2 Å². The van der Waals surface area contributed by atoms with Crippen molar-refractivity contribution < 1.29 is 13.2 Å². The summed E-state index contributed by atoms with van der Waals surface area (Å²) in [6, 6.07) is 12.3. The topological polar surface area (TPSA) is 75.3 Å². The molecule has 5 nitrogen and oxygen atoms in total. The SMILES string of the molecule is CNS(=O)(=O)c1cc(NC(=O)/C=C/c2cccc(Br)c2)ccc1C. The van der Waals surface area contributed by atoms with Crippen LogP contribution in [0.25, 0.3) is 6.08 Å². The summed E-state index contributed by atoms with van der Waals surface area (Å²) in [6.07, 6.45) is 3.08. The van der Waals surface area contributed by atoms with Crippen molar-refractivity contribution in [1.29, 1.82) is 0 Å². The fourth-order valence-electron chi connectivity index (χ4n) is 2.04. The summed E-state index contributed by atoms with van der Waals surface area (Å²) in [5.74, 6) is -0.341. The number of rotatable bonds is 5. The van der Waals surface area contributed by atoms with Crippen LogP contribution in [-0.2, 0) is 14.8 Å². The highest BCUT2D eigenvalue weighted by Crippen LogP contribution is 2.20. The maximum Gasteiger partial charge on any atom is 0.248 e. The van der Waals surface area contributed by atoms with Crippen LogP contribution in [0.15, 0.2) is 57.9 Å². The number of anilines is 1. The number of aryl methyl sites for hydroxylation is 1. The van der Waals surface area contributed by atoms with E-state index >= 15 is 0 Å². The number of halogens is 1. The Bertz CT molecular complexity index is 892. The summed E-state index contributed by atoms with van der Waals surface area (Å²) in [5, 5.41) is 2.66. The van der Waals surface area contributed by atoms with Gasteiger partial charge in [0.1, 0.15) is 0 Å². The highest BCUT2D eigenvalue weighted by atomic mass is 79.9. The zero-order chi connectivity index (χ0) is 17.7. The Hall–Kier alpha value is -1.96. The summed E-state index contributed by atoms with van der Waals surface area (Å²) in [5.41, 5.74) is 1.90. The number of nitrogens with one attached hydrogen (secondary N) is 2. The molecule has 0 bridgehead atoms. The van der Waals surface area contributed by atoms with E-state index in [4.69, 9.17) is 0 Å². The van der Waals surface area contributed by atoms with Crippen molar-refractivity contribution in [1.82, 2.24) is 4.72 Å². The van der Waals surface area contributed by atoms with Crippen molar-refractivity contribution in [2.24, 2.45) is 0 Å². The number of hydrogen-bond acceptors (Lipinski definition) is 3. The fraction of sp³-hybridized carbons (Fsp3) is 0.118. The summed E-state index contributed by atoms with van der Waals surface area (Å²) in [6.45, 7) is 1.70. The molecule has 0 radical (unpaired) electrons. The third-order valence-electron chi connectivity index (χ3n) is 3.29. The maximum atomic E-state index is 12.0. The monoisotopic (exact) mass is 408 g/mol. The zero-order valence-corrected chi connectivity index (χ0v) is 15.6. The molecule has 0 atom stereocenters. The van der Waals surface area contributed by atoms with Crippen molar-refractivity contribution in [2.45, 2.75) is 11.8 Å². The van der Waals surface area contributed by atoms with Crippen LogP contribution in [-0.4, -0.2) is 21.4 Å². The lowest BCUT2D eigenvalue weighted by Gasteiger charge is -2.09. The molecule has 0 saturated carbocycles. The van der Waals surface area contributed by atoms with Crippen LogP contribution in [0.1, 0.15) is 11.1 Å². The Morgan fingerprint density at radius 2 is 1.92 bits per heavy atom. The van der Waals surface area contributed by atoms with Gasteiger partial charge in [-0.05, 0) is 55.4 Å². The average molecular weight is 409 g/mol. The van der Waals surface area contributed by atoms with E-state index in [1.54, 1.807) is 25.1 Å². The molecule has 0 heterocycles. The summed E-state index contributed by atoms with van der Waals surface area (Å²) in [4.78, 5) is 12.1. The number of amides is 1. The van der Waals surface area contributed by atoms with Gasteiger partial charge in [0, 0.05) is 16.2 Å². The molecule has 0 aliphatic heterocycles. The van der Waals surface area contributed by atoms with Crippen LogP contribution in [0.3, 0.4) is 0 Å². The lowest BCUT2D eigenvalue weighted by molar-refractivity contribution is -0.111. The van der Waals surface area contributed by atoms with Gasteiger partial charge >= 0.3 is 0 Å². The largest absolute Gasteiger partial charge is 0.322 e. The van der Waals surface area contributed by atoms with Gasteiger partial charge in [-0.25, -0.2) is 13.1 Å². The molecule has 2 aromatic rings. The van der Waals surface area contributed by atoms with Crippen molar-refractivity contribution >= 4 is 43.6 Å². The molecular formula is C17H17BrN2O3S. The number of carbonyl (C=O) groups excluding carboxylic acids is 1. The van der Waals surface area contributed by atoms with Crippen LogP contribution in [0.5, 0.6) is 0 Å². The first-order valence-corrected chi connectivity index (χ1v) is 9.38. The molecule has 0 aromatic heterocycles. The fourth-order valence-corrected chi connectivity index (χ4v) is 3.45. The highest BCUT2D eigenvalue weighted by Gasteiger charge is 2.15. The summed E-state index contributed by atoms with van der Waals surface area (Å²) >= 11 is 3.37. The van der Waals surface area contributed by atoms with Crippen LogP contribution in [0, 0.1) is 6.92 Å². The van der Waals surface area contributed by atoms with Gasteiger partial charge < -0.3 is 5.32 Å². The molecule has 7 heteroatoms. The molecule has 126 valence electrons. The van der Waals surface area contributed by atoms with Gasteiger partial charge in [0.15, 0.2) is 0 Å². The van der Waals surface area contributed by atoms with E-state index in [1.807, 2.05) is 24.3 Å². The first-order valence-electron chi connectivity index (χ1n) is 7.10. The van der Waals surface area contributed by atoms with Gasteiger partial charge in [-0.2, -0.15) is 0 Å². The van der Waals surface area contributed by atoms with E-state index in [1.165, 1.54) is 19.2 Å². The van der Waals surface area contributed by atoms with Gasteiger partial charge in [-0.3, -0.25) is 4.79 Å². The number of hydrogen-bond donors (Lipinski definition) is 2. The molecule has 2 N–H and O–H groups in total. The molecule has 0 unspecified atom stereocenters. The van der Waals surface area contributed by atoms with Crippen LogP contribution >= 0.6 is 15.9 Å². The quantitative estimate of drug-likeness (QED) is 0.744. The lowest BCUT2D eigenvalue weighted by Crippen LogP contribution is -2.20. The molecule has 0 fully saturated rings. The second-order valence-corrected chi connectivity index (χ2v) is 7.84. The first-order chi connectivity index (χ1) is 11.3. The van der Waals surface area contributed by atoms with E-state index in [0.717, 1.165) is 10.0 Å². The Kier molecular flexibility index (Phi) is 5.93. The molecule has 0 aliphatic carbocycles. The van der Waals surface area contributed by atoms with Crippen molar-refractivity contribution in [3.05, 3.63) is 64.1 Å². The number of sulfonamides is 1. The molecule has 24 heavy (non-hydrogen) atoms. The Labute approximate surface area is 150 Å². The minimum absolute atomic E-state index is 0.138. The van der Waals surface area contributed by atoms with E-state index in [0.29, 0.717) is 11.3 Å². The molecule has 2 rings (SSSR count). The minimum Gasteiger partial charge on any atom is -0.322 e. The molecular weight excluding hydrogens is 392 g/mol. The third kappa shape index (κ3) is 4.77. The molecule has 0 saturated heterocycles. The Morgan fingerprint density at radius 3 is 2.58 bits per heavy atom. The van der Waals surface area contributed by atoms with Crippen LogP contribution in [0.2, 0.25) is 0 Å². The van der Waals surface area contributed by atoms with Crippen molar-refractivity contribution in [2.75, 3.05) is 12.4 Å². The van der Waals surface area contributed by atoms with Crippen LogP contribution < -0.4 is 10.0 Å². The third-order valence-corrected chi connectivity index (χ3v) is 5.34. The predicted molar refractivity (Wildman–Crippen MR) is 99.2 cm³/mol. The highest BCUT2D eigenvalue weighted by molar-refractivity contribution is 9.10. The average Bonchev–Trinajstić information content (AvgIpc) is 2.54. The van der Waals surface area contributed by atoms with E-state index in [2.05, 4.69) is 26.0 Å². The predicted octanol–water partition coefficient (Wildman–Crippen LogP) is 3.32. The molecule has 0 aliphatic rings. The van der Waals surface area contributed by atoms with Gasteiger partial charge in [0.05, 0.1) is 4.90 Å². The zero-order valence-electron chi connectivity index (χ0n) is 13.2. The summed E-state index contributed by atoms with van der Waals surface area (Å²) in [7, 11) is -2.22. The smallest absolute Gasteiger partial charge is 0.248 e. The number of benzene rings is 2. The van der Waals surface area contributed by atoms with E-state index < -0.39 is 10.0 Å².